The Kier molecular flexibility index (Phi) is 7.07. The van der Waals surface area contributed by atoms with E-state index in [-0.39, 0.29) is 30.1 Å². The van der Waals surface area contributed by atoms with E-state index in [9.17, 15) is 9.59 Å². The summed E-state index contributed by atoms with van der Waals surface area (Å²) >= 11 is 0. The first-order chi connectivity index (χ1) is 12.0. The minimum Gasteiger partial charge on any atom is -0.336 e. The van der Waals surface area contributed by atoms with Gasteiger partial charge in [-0.05, 0) is 75.9 Å². The fraction of sp³-hybridized carbons (Fsp3) is 0.600. The van der Waals surface area contributed by atoms with Gasteiger partial charge in [0.05, 0.1) is 0 Å². The topological polar surface area (TPSA) is 61.4 Å². The zero-order valence-electron chi connectivity index (χ0n) is 15.9. The van der Waals surface area contributed by atoms with Crippen LogP contribution in [0.1, 0.15) is 49.0 Å². The Morgan fingerprint density at radius 1 is 1.27 bits per heavy atom. The van der Waals surface area contributed by atoms with E-state index < -0.39 is 0 Å². The summed E-state index contributed by atoms with van der Waals surface area (Å²) in [5, 5.41) is 6.23. The first-order valence-electron chi connectivity index (χ1n) is 9.40. The Morgan fingerprint density at radius 2 is 2.00 bits per heavy atom. The van der Waals surface area contributed by atoms with Crippen LogP contribution in [0.25, 0.3) is 0 Å². The van der Waals surface area contributed by atoms with Gasteiger partial charge in [-0.25, -0.2) is 0 Å². The summed E-state index contributed by atoms with van der Waals surface area (Å²) in [6, 6.07) is 5.90. The fourth-order valence-corrected chi connectivity index (χ4v) is 3.63. The molecule has 2 atom stereocenters. The average Bonchev–Trinajstić information content (AvgIpc) is 2.54. The van der Waals surface area contributed by atoms with Gasteiger partial charge in [-0.2, -0.15) is 0 Å². The molecule has 1 aromatic rings. The predicted molar refractivity (Wildman–Crippen MR) is 107 cm³/mol. The molecule has 5 nitrogen and oxygen atoms in total. The maximum absolute atomic E-state index is 12.8. The van der Waals surface area contributed by atoms with Crippen molar-refractivity contribution >= 4 is 29.9 Å². The van der Waals surface area contributed by atoms with Crippen LogP contribution in [0.5, 0.6) is 0 Å². The van der Waals surface area contributed by atoms with Gasteiger partial charge in [0.2, 0.25) is 5.91 Å². The Labute approximate surface area is 162 Å². The molecule has 2 unspecified atom stereocenters. The highest BCUT2D eigenvalue weighted by molar-refractivity contribution is 5.97. The highest BCUT2D eigenvalue weighted by atomic mass is 35.5. The first kappa shape index (κ1) is 20.7. The van der Waals surface area contributed by atoms with Crippen LogP contribution in [-0.2, 0) is 4.79 Å². The van der Waals surface area contributed by atoms with Crippen LogP contribution in [0.15, 0.2) is 18.2 Å². The van der Waals surface area contributed by atoms with Crippen LogP contribution in [-0.4, -0.2) is 42.4 Å². The summed E-state index contributed by atoms with van der Waals surface area (Å²) in [5.74, 6) is 0.568. The smallest absolute Gasteiger partial charge is 0.254 e. The molecule has 0 aromatic heterocycles. The highest BCUT2D eigenvalue weighted by Gasteiger charge is 2.29. The Hall–Kier alpha value is -1.59. The third-order valence-electron chi connectivity index (χ3n) is 5.73. The van der Waals surface area contributed by atoms with Gasteiger partial charge in [-0.3, -0.25) is 9.59 Å². The third kappa shape index (κ3) is 4.38. The van der Waals surface area contributed by atoms with Gasteiger partial charge in [0, 0.05) is 29.8 Å². The average molecular weight is 380 g/mol. The number of anilines is 1. The minimum atomic E-state index is -0.00356. The molecule has 2 fully saturated rings. The number of amides is 2. The molecule has 2 aliphatic heterocycles. The van der Waals surface area contributed by atoms with Gasteiger partial charge < -0.3 is 15.5 Å². The molecule has 3 rings (SSSR count). The van der Waals surface area contributed by atoms with E-state index in [1.54, 1.807) is 0 Å². The van der Waals surface area contributed by atoms with Crippen molar-refractivity contribution in [2.75, 3.05) is 25.0 Å². The van der Waals surface area contributed by atoms with Crippen molar-refractivity contribution < 1.29 is 9.59 Å². The van der Waals surface area contributed by atoms with Crippen LogP contribution < -0.4 is 10.6 Å². The molecule has 26 heavy (non-hydrogen) atoms. The molecular weight excluding hydrogens is 350 g/mol. The summed E-state index contributed by atoms with van der Waals surface area (Å²) in [6.07, 6.45) is 3.35. The summed E-state index contributed by atoms with van der Waals surface area (Å²) in [7, 11) is 0. The van der Waals surface area contributed by atoms with Crippen molar-refractivity contribution in [1.29, 1.82) is 0 Å². The number of rotatable bonds is 4. The number of aryl methyl sites for hydroxylation is 1. The Bertz CT molecular complexity index is 660. The molecular formula is C20H30ClN3O2. The van der Waals surface area contributed by atoms with Gasteiger partial charge in [0.1, 0.15) is 0 Å². The van der Waals surface area contributed by atoms with Crippen LogP contribution in [0, 0.1) is 18.8 Å². The predicted octanol–water partition coefficient (Wildman–Crippen LogP) is 3.23. The second-order valence-electron chi connectivity index (χ2n) is 7.57. The molecule has 0 bridgehead atoms. The Balaban J connectivity index is 0.00000243. The molecule has 144 valence electrons. The van der Waals surface area contributed by atoms with Crippen molar-refractivity contribution in [3.8, 4) is 0 Å². The van der Waals surface area contributed by atoms with Gasteiger partial charge in [0.25, 0.3) is 5.91 Å². The molecule has 0 spiro atoms. The zero-order valence-corrected chi connectivity index (χ0v) is 16.7. The molecule has 0 radical (unpaired) electrons. The van der Waals surface area contributed by atoms with Crippen molar-refractivity contribution in [3.05, 3.63) is 29.3 Å². The number of nitrogens with one attached hydrogen (secondary N) is 2. The van der Waals surface area contributed by atoms with Crippen molar-refractivity contribution in [3.63, 3.8) is 0 Å². The second-order valence-corrected chi connectivity index (χ2v) is 7.57. The lowest BCUT2D eigenvalue weighted by molar-refractivity contribution is -0.121. The molecule has 2 N–H and O–H groups in total. The number of carbonyl (C=O) groups is 2. The van der Waals surface area contributed by atoms with Crippen molar-refractivity contribution in [1.82, 2.24) is 10.2 Å². The molecule has 2 aliphatic rings. The van der Waals surface area contributed by atoms with E-state index in [0.717, 1.165) is 43.7 Å². The number of hydrogen-bond donors (Lipinski definition) is 2. The molecule has 1 aromatic carbocycles. The monoisotopic (exact) mass is 379 g/mol. The quantitative estimate of drug-likeness (QED) is 0.844. The SMILES string of the molecule is Cc1cc(C(=O)N2CCCCC2C)ccc1NC(=O)C(C)C1CNC1.Cl. The summed E-state index contributed by atoms with van der Waals surface area (Å²) < 4.78 is 0. The molecule has 0 saturated carbocycles. The van der Waals surface area contributed by atoms with Crippen LogP contribution in [0.4, 0.5) is 5.69 Å². The molecule has 0 aliphatic carbocycles. The summed E-state index contributed by atoms with van der Waals surface area (Å²) in [5.41, 5.74) is 2.44. The highest BCUT2D eigenvalue weighted by Crippen LogP contribution is 2.24. The summed E-state index contributed by atoms with van der Waals surface area (Å²) in [4.78, 5) is 27.1. The standard InChI is InChI=1S/C20H29N3O2.ClH/c1-13-10-16(20(25)23-9-5-4-6-14(23)2)7-8-18(13)22-19(24)15(3)17-11-21-12-17;/h7-8,10,14-15,17,21H,4-6,9,11-12H2,1-3H3,(H,22,24);1H. The van der Waals surface area contributed by atoms with E-state index in [1.165, 1.54) is 6.42 Å². The number of benzene rings is 1. The Morgan fingerprint density at radius 3 is 2.58 bits per heavy atom. The van der Waals surface area contributed by atoms with Crippen molar-refractivity contribution in [2.45, 2.75) is 46.1 Å². The van der Waals surface area contributed by atoms with E-state index in [1.807, 2.05) is 36.9 Å². The lowest BCUT2D eigenvalue weighted by atomic mass is 9.88. The van der Waals surface area contributed by atoms with E-state index in [2.05, 4.69) is 17.6 Å². The van der Waals surface area contributed by atoms with Gasteiger partial charge in [-0.1, -0.05) is 6.92 Å². The zero-order chi connectivity index (χ0) is 18.0. The van der Waals surface area contributed by atoms with Crippen LogP contribution in [0.3, 0.4) is 0 Å². The van der Waals surface area contributed by atoms with Crippen molar-refractivity contribution in [2.24, 2.45) is 11.8 Å². The number of piperidine rings is 1. The van der Waals surface area contributed by atoms with E-state index in [0.29, 0.717) is 17.5 Å². The maximum Gasteiger partial charge on any atom is 0.254 e. The van der Waals surface area contributed by atoms with E-state index >= 15 is 0 Å². The van der Waals surface area contributed by atoms with Crippen LogP contribution >= 0.6 is 12.4 Å². The lowest BCUT2D eigenvalue weighted by Gasteiger charge is -2.33. The second kappa shape index (κ2) is 8.87. The molecule has 2 saturated heterocycles. The van der Waals surface area contributed by atoms with E-state index in [4.69, 9.17) is 0 Å². The maximum atomic E-state index is 12.8. The minimum absolute atomic E-state index is 0. The first-order valence-corrected chi connectivity index (χ1v) is 9.40. The number of hydrogen-bond acceptors (Lipinski definition) is 3. The fourth-order valence-electron chi connectivity index (χ4n) is 3.63. The van der Waals surface area contributed by atoms with Crippen LogP contribution in [0.2, 0.25) is 0 Å². The van der Waals surface area contributed by atoms with Gasteiger partial charge in [0.15, 0.2) is 0 Å². The number of likely N-dealkylation sites (tertiary alicyclic amines) is 1. The largest absolute Gasteiger partial charge is 0.336 e. The summed E-state index contributed by atoms with van der Waals surface area (Å²) in [6.45, 7) is 8.71. The molecule has 2 heterocycles. The number of halogens is 1. The lowest BCUT2D eigenvalue weighted by Crippen LogP contribution is -2.48. The molecule has 6 heteroatoms. The normalized spacial score (nSPS) is 21.3. The molecule has 2 amide bonds. The van der Waals surface area contributed by atoms with Gasteiger partial charge in [-0.15, -0.1) is 12.4 Å². The number of carbonyl (C=O) groups excluding carboxylic acids is 2. The third-order valence-corrected chi connectivity index (χ3v) is 5.73. The van der Waals surface area contributed by atoms with Gasteiger partial charge >= 0.3 is 0 Å². The number of nitrogens with zero attached hydrogens (tertiary/aromatic N) is 1.